The number of benzene rings is 2. The van der Waals surface area contributed by atoms with Crippen LogP contribution < -0.4 is 0 Å². The molecular weight excluding hydrogens is 352 g/mol. The van der Waals surface area contributed by atoms with Crippen LogP contribution in [0.2, 0.25) is 0 Å². The van der Waals surface area contributed by atoms with Crippen molar-refractivity contribution in [3.8, 4) is 5.75 Å². The molecular formula is C23H26N2O3. The topological polar surface area (TPSA) is 60.9 Å². The minimum Gasteiger partial charge on any atom is -0.508 e. The molecule has 2 aromatic carbocycles. The normalized spacial score (nSPS) is 16.7. The van der Waals surface area contributed by atoms with Gasteiger partial charge < -0.3 is 14.9 Å². The first-order chi connectivity index (χ1) is 13.4. The smallest absolute Gasteiger partial charge is 0.250 e. The molecule has 0 fully saturated rings. The number of amides is 2. The van der Waals surface area contributed by atoms with Crippen LogP contribution in [0.5, 0.6) is 5.75 Å². The Morgan fingerprint density at radius 3 is 2.32 bits per heavy atom. The third-order valence-electron chi connectivity index (χ3n) is 4.72. The summed E-state index contributed by atoms with van der Waals surface area (Å²) in [4.78, 5) is 29.3. The minimum atomic E-state index is -0.593. The monoisotopic (exact) mass is 378 g/mol. The van der Waals surface area contributed by atoms with Gasteiger partial charge in [0.15, 0.2) is 0 Å². The lowest BCUT2D eigenvalue weighted by molar-refractivity contribution is -0.143. The summed E-state index contributed by atoms with van der Waals surface area (Å²) in [6, 6.07) is 15.7. The summed E-state index contributed by atoms with van der Waals surface area (Å²) >= 11 is 0. The average Bonchev–Trinajstić information content (AvgIpc) is 2.67. The number of hydrogen-bond donors (Lipinski definition) is 1. The number of carbonyl (C=O) groups is 2. The van der Waals surface area contributed by atoms with Crippen molar-refractivity contribution >= 4 is 11.8 Å². The van der Waals surface area contributed by atoms with E-state index >= 15 is 0 Å². The maximum absolute atomic E-state index is 13.1. The Labute approximate surface area is 165 Å². The van der Waals surface area contributed by atoms with Crippen LogP contribution in [0.4, 0.5) is 0 Å². The molecule has 0 spiro atoms. The molecule has 1 atom stereocenters. The summed E-state index contributed by atoms with van der Waals surface area (Å²) in [5.41, 5.74) is 1.81. The lowest BCUT2D eigenvalue weighted by Crippen LogP contribution is -2.52. The fourth-order valence-electron chi connectivity index (χ4n) is 3.34. The van der Waals surface area contributed by atoms with Crippen molar-refractivity contribution in [2.75, 3.05) is 6.54 Å². The third kappa shape index (κ3) is 4.80. The van der Waals surface area contributed by atoms with Gasteiger partial charge in [-0.05, 0) is 29.2 Å². The summed E-state index contributed by atoms with van der Waals surface area (Å²) < 4.78 is 0. The van der Waals surface area contributed by atoms with Gasteiger partial charge in [-0.15, -0.1) is 0 Å². The van der Waals surface area contributed by atoms with E-state index in [1.54, 1.807) is 46.5 Å². The molecule has 0 bridgehead atoms. The quantitative estimate of drug-likeness (QED) is 0.839. The summed E-state index contributed by atoms with van der Waals surface area (Å²) in [6.45, 7) is 4.73. The highest BCUT2D eigenvalue weighted by Gasteiger charge is 2.34. The molecule has 3 rings (SSSR count). The second-order valence-corrected chi connectivity index (χ2v) is 7.53. The van der Waals surface area contributed by atoms with E-state index in [0.29, 0.717) is 18.9 Å². The summed E-state index contributed by atoms with van der Waals surface area (Å²) in [5.74, 6) is 0.320. The zero-order chi connectivity index (χ0) is 20.1. The number of nitrogens with zero attached hydrogens (tertiary/aromatic N) is 2. The SMILES string of the molecule is CC(C)CN1C=CN(C(=O)Cc2ccccc2)[C@@H](Cc2ccc(O)cc2)C1=O. The maximum atomic E-state index is 13.1. The fraction of sp³-hybridized carbons (Fsp3) is 0.304. The Morgan fingerprint density at radius 1 is 1.00 bits per heavy atom. The van der Waals surface area contributed by atoms with Gasteiger partial charge in [-0.25, -0.2) is 0 Å². The van der Waals surface area contributed by atoms with Crippen molar-refractivity contribution in [1.29, 1.82) is 0 Å². The van der Waals surface area contributed by atoms with Crippen molar-refractivity contribution in [3.05, 3.63) is 78.1 Å². The molecule has 1 aliphatic rings. The number of phenolic OH excluding ortho intramolecular Hbond substituents is 1. The molecule has 5 heteroatoms. The van der Waals surface area contributed by atoms with Crippen LogP contribution in [-0.2, 0) is 22.4 Å². The predicted octanol–water partition coefficient (Wildman–Crippen LogP) is 3.34. The third-order valence-corrected chi connectivity index (χ3v) is 4.72. The molecule has 0 saturated carbocycles. The van der Waals surface area contributed by atoms with Gasteiger partial charge in [-0.3, -0.25) is 9.59 Å². The fourth-order valence-corrected chi connectivity index (χ4v) is 3.34. The summed E-state index contributed by atoms with van der Waals surface area (Å²) in [5, 5.41) is 9.51. The van der Waals surface area contributed by atoms with Crippen molar-refractivity contribution in [3.63, 3.8) is 0 Å². The van der Waals surface area contributed by atoms with Crippen LogP contribution >= 0.6 is 0 Å². The zero-order valence-corrected chi connectivity index (χ0v) is 16.3. The Balaban J connectivity index is 1.84. The second-order valence-electron chi connectivity index (χ2n) is 7.53. The Kier molecular flexibility index (Phi) is 6.14. The van der Waals surface area contributed by atoms with Gasteiger partial charge in [-0.2, -0.15) is 0 Å². The molecule has 1 heterocycles. The molecule has 0 radical (unpaired) electrons. The standard InChI is InChI=1S/C23H26N2O3/c1-17(2)16-24-12-13-25(22(27)15-18-6-4-3-5-7-18)21(23(24)28)14-19-8-10-20(26)11-9-19/h3-13,17,21,26H,14-16H2,1-2H3/t21-/m0/s1. The number of carbonyl (C=O) groups excluding carboxylic acids is 2. The Bertz CT molecular complexity index is 844. The Morgan fingerprint density at radius 2 is 1.68 bits per heavy atom. The van der Waals surface area contributed by atoms with Crippen LogP contribution in [0.25, 0.3) is 0 Å². The first kappa shape index (κ1) is 19.7. The van der Waals surface area contributed by atoms with Crippen molar-refractivity contribution in [2.24, 2.45) is 5.92 Å². The van der Waals surface area contributed by atoms with Crippen molar-refractivity contribution < 1.29 is 14.7 Å². The molecule has 0 saturated heterocycles. The number of hydrogen-bond acceptors (Lipinski definition) is 3. The van der Waals surface area contributed by atoms with E-state index in [2.05, 4.69) is 13.8 Å². The van der Waals surface area contributed by atoms with Crippen LogP contribution in [0.3, 0.4) is 0 Å². The van der Waals surface area contributed by atoms with Crippen LogP contribution in [0.1, 0.15) is 25.0 Å². The first-order valence-electron chi connectivity index (χ1n) is 9.56. The van der Waals surface area contributed by atoms with E-state index in [0.717, 1.165) is 11.1 Å². The lowest BCUT2D eigenvalue weighted by atomic mass is 10.0. The molecule has 0 unspecified atom stereocenters. The molecule has 1 N–H and O–H groups in total. The van der Waals surface area contributed by atoms with Gasteiger partial charge in [-0.1, -0.05) is 56.3 Å². The van der Waals surface area contributed by atoms with E-state index in [-0.39, 0.29) is 24.0 Å². The highest BCUT2D eigenvalue weighted by Crippen LogP contribution is 2.21. The highest BCUT2D eigenvalue weighted by atomic mass is 16.3. The highest BCUT2D eigenvalue weighted by molar-refractivity contribution is 5.91. The van der Waals surface area contributed by atoms with Gasteiger partial charge in [0.2, 0.25) is 11.8 Å². The van der Waals surface area contributed by atoms with E-state index in [4.69, 9.17) is 0 Å². The van der Waals surface area contributed by atoms with Crippen LogP contribution in [0, 0.1) is 5.92 Å². The predicted molar refractivity (Wildman–Crippen MR) is 108 cm³/mol. The van der Waals surface area contributed by atoms with Crippen molar-refractivity contribution in [1.82, 2.24) is 9.80 Å². The lowest BCUT2D eigenvalue weighted by Gasteiger charge is -2.36. The maximum Gasteiger partial charge on any atom is 0.250 e. The van der Waals surface area contributed by atoms with E-state index in [1.165, 1.54) is 0 Å². The zero-order valence-electron chi connectivity index (χ0n) is 16.3. The largest absolute Gasteiger partial charge is 0.508 e. The van der Waals surface area contributed by atoms with Gasteiger partial charge in [0.25, 0.3) is 0 Å². The summed E-state index contributed by atoms with van der Waals surface area (Å²) in [6.07, 6.45) is 4.08. The molecule has 1 aliphatic heterocycles. The summed E-state index contributed by atoms with van der Waals surface area (Å²) in [7, 11) is 0. The van der Waals surface area contributed by atoms with Gasteiger partial charge >= 0.3 is 0 Å². The number of rotatable bonds is 6. The number of aromatic hydroxyl groups is 1. The molecule has 2 aromatic rings. The number of phenols is 1. The van der Waals surface area contributed by atoms with E-state index in [9.17, 15) is 14.7 Å². The second kappa shape index (κ2) is 8.74. The molecule has 5 nitrogen and oxygen atoms in total. The minimum absolute atomic E-state index is 0.0781. The van der Waals surface area contributed by atoms with Gasteiger partial charge in [0.05, 0.1) is 6.42 Å². The average molecular weight is 378 g/mol. The molecule has 2 amide bonds. The molecule has 0 aliphatic carbocycles. The molecule has 146 valence electrons. The van der Waals surface area contributed by atoms with Crippen LogP contribution in [-0.4, -0.2) is 39.3 Å². The van der Waals surface area contributed by atoms with E-state index < -0.39 is 6.04 Å². The first-order valence-corrected chi connectivity index (χ1v) is 9.56. The molecule has 28 heavy (non-hydrogen) atoms. The van der Waals surface area contributed by atoms with Crippen LogP contribution in [0.15, 0.2) is 67.0 Å². The Hall–Kier alpha value is -3.08. The molecule has 0 aromatic heterocycles. The van der Waals surface area contributed by atoms with Crippen molar-refractivity contribution in [2.45, 2.75) is 32.7 Å². The van der Waals surface area contributed by atoms with E-state index in [1.807, 2.05) is 30.3 Å². The van der Waals surface area contributed by atoms with Gasteiger partial charge in [0, 0.05) is 25.4 Å². The van der Waals surface area contributed by atoms with Gasteiger partial charge in [0.1, 0.15) is 11.8 Å².